The van der Waals surface area contributed by atoms with E-state index in [1.165, 1.54) is 13.1 Å². The predicted molar refractivity (Wildman–Crippen MR) is 131 cm³/mol. The van der Waals surface area contributed by atoms with Gasteiger partial charge in [-0.1, -0.05) is 30.4 Å². The van der Waals surface area contributed by atoms with Crippen LogP contribution in [0.15, 0.2) is 41.3 Å². The minimum Gasteiger partial charge on any atom is -0.462 e. The van der Waals surface area contributed by atoms with E-state index in [9.17, 15) is 19.3 Å². The summed E-state index contributed by atoms with van der Waals surface area (Å²) in [6.45, 7) is 5.95. The zero-order valence-corrected chi connectivity index (χ0v) is 22.0. The average molecular weight is 544 g/mol. The number of nitrogens with one attached hydrogen (secondary N) is 2. The number of nitrogens with zero attached hydrogens (tertiary/aromatic N) is 1. The van der Waals surface area contributed by atoms with Crippen molar-refractivity contribution < 1.29 is 37.7 Å². The Kier molecular flexibility index (Phi) is 9.59. The third-order valence-electron chi connectivity index (χ3n) is 4.90. The third-order valence-corrected chi connectivity index (χ3v) is 6.97. The number of ether oxygens (including phenoxy) is 3. The molecule has 2 aromatic rings. The second kappa shape index (κ2) is 12.2. The molecular formula is C22H30N3O9PS. The van der Waals surface area contributed by atoms with Crippen LogP contribution in [0.2, 0.25) is 0 Å². The lowest BCUT2D eigenvalue weighted by Crippen LogP contribution is -2.46. The van der Waals surface area contributed by atoms with Gasteiger partial charge in [-0.3, -0.25) is 18.9 Å². The number of carbonyl (C=O) groups excluding carboxylic acids is 1. The molecule has 198 valence electrons. The number of aromatic nitrogens is 2. The summed E-state index contributed by atoms with van der Waals surface area (Å²) in [5.74, 6) is -0.409. The van der Waals surface area contributed by atoms with Crippen molar-refractivity contribution in [3.05, 3.63) is 57.2 Å². The molecule has 1 saturated heterocycles. The van der Waals surface area contributed by atoms with Crippen LogP contribution in [0.4, 0.5) is 0 Å². The van der Waals surface area contributed by atoms with Gasteiger partial charge in [-0.2, -0.15) is 5.09 Å². The van der Waals surface area contributed by atoms with Gasteiger partial charge in [-0.15, -0.1) is 0 Å². The standard InChI is InChI=1S/C22H30N3O9PS/c1-13(2)32-21(27)15(4)24-35(29,34-16-8-6-5-7-9-16)31-12-18-30-11-17(26)20(33-18)25-10-14(3)19(36)23-22(25)28/h5-10,13,15,17-18,20,26H,11-12H2,1-4H3,(H,24,29)(H,23,28,36)/t15-,17?,18-,20-,35?/m0/s1. The van der Waals surface area contributed by atoms with E-state index in [4.69, 9.17) is 35.5 Å². The minimum absolute atomic E-state index is 0.186. The van der Waals surface area contributed by atoms with Gasteiger partial charge in [0.05, 0.1) is 12.7 Å². The van der Waals surface area contributed by atoms with Crippen LogP contribution in [-0.2, 0) is 28.1 Å². The summed E-state index contributed by atoms with van der Waals surface area (Å²) in [6, 6.07) is 7.23. The van der Waals surface area contributed by atoms with Gasteiger partial charge in [0.1, 0.15) is 29.1 Å². The fourth-order valence-electron chi connectivity index (χ4n) is 3.18. The summed E-state index contributed by atoms with van der Waals surface area (Å²) in [5, 5.41) is 12.9. The molecule has 0 bridgehead atoms. The van der Waals surface area contributed by atoms with Crippen molar-refractivity contribution in [2.75, 3.05) is 13.2 Å². The number of esters is 1. The lowest BCUT2D eigenvalue weighted by Gasteiger charge is -2.35. The van der Waals surface area contributed by atoms with Gasteiger partial charge in [0.25, 0.3) is 0 Å². The van der Waals surface area contributed by atoms with E-state index in [-0.39, 0.29) is 23.1 Å². The number of para-hydroxylation sites is 1. The van der Waals surface area contributed by atoms with Gasteiger partial charge in [0.15, 0.2) is 12.5 Å². The first-order chi connectivity index (χ1) is 17.0. The van der Waals surface area contributed by atoms with Crippen LogP contribution in [0.3, 0.4) is 0 Å². The van der Waals surface area contributed by atoms with E-state index in [2.05, 4.69) is 10.1 Å². The van der Waals surface area contributed by atoms with Crippen LogP contribution in [0.1, 0.15) is 32.6 Å². The number of aliphatic hydroxyl groups excluding tert-OH is 1. The minimum atomic E-state index is -4.15. The summed E-state index contributed by atoms with van der Waals surface area (Å²) in [7, 11) is -4.15. The predicted octanol–water partition coefficient (Wildman–Crippen LogP) is 2.58. The zero-order chi connectivity index (χ0) is 26.5. The molecule has 0 radical (unpaired) electrons. The van der Waals surface area contributed by atoms with E-state index in [1.54, 1.807) is 51.1 Å². The quantitative estimate of drug-likeness (QED) is 0.230. The highest BCUT2D eigenvalue weighted by atomic mass is 32.1. The zero-order valence-electron chi connectivity index (χ0n) is 20.3. The first-order valence-electron chi connectivity index (χ1n) is 11.2. The maximum Gasteiger partial charge on any atom is 0.459 e. The molecule has 1 aromatic heterocycles. The van der Waals surface area contributed by atoms with Crippen molar-refractivity contribution in [2.24, 2.45) is 0 Å². The largest absolute Gasteiger partial charge is 0.462 e. The molecule has 1 aromatic carbocycles. The molecule has 0 saturated carbocycles. The van der Waals surface area contributed by atoms with Crippen molar-refractivity contribution in [2.45, 2.75) is 58.5 Å². The van der Waals surface area contributed by atoms with Crippen molar-refractivity contribution in [1.29, 1.82) is 0 Å². The summed E-state index contributed by atoms with van der Waals surface area (Å²) in [4.78, 5) is 27.2. The van der Waals surface area contributed by atoms with Crippen LogP contribution in [-0.4, -0.2) is 58.4 Å². The third kappa shape index (κ3) is 7.56. The maximum absolute atomic E-state index is 13.6. The Hall–Kier alpha value is -2.38. The van der Waals surface area contributed by atoms with Crippen LogP contribution < -0.4 is 15.3 Å². The number of hydrogen-bond donors (Lipinski definition) is 3. The molecule has 36 heavy (non-hydrogen) atoms. The van der Waals surface area contributed by atoms with E-state index in [1.807, 2.05) is 0 Å². The maximum atomic E-state index is 13.6. The van der Waals surface area contributed by atoms with Crippen molar-refractivity contribution >= 4 is 25.9 Å². The molecule has 1 aliphatic heterocycles. The lowest BCUT2D eigenvalue weighted by atomic mass is 10.3. The van der Waals surface area contributed by atoms with E-state index in [0.29, 0.717) is 5.56 Å². The number of rotatable bonds is 10. The smallest absolute Gasteiger partial charge is 0.459 e. The SMILES string of the molecule is Cc1cn([C@H]2O[C@@H](COP(=O)(N[C@@H](C)C(=O)OC(C)C)Oc3ccccc3)OCC2O)c(=O)[nH]c1=S. The summed E-state index contributed by atoms with van der Waals surface area (Å²) < 4.78 is 42.5. The fraction of sp³-hybridized carbons (Fsp3) is 0.500. The molecule has 3 N–H and O–H groups in total. The first kappa shape index (κ1) is 28.2. The first-order valence-corrected chi connectivity index (χ1v) is 13.2. The summed E-state index contributed by atoms with van der Waals surface area (Å²) >= 11 is 5.06. The van der Waals surface area contributed by atoms with Gasteiger partial charge in [-0.25, -0.2) is 9.36 Å². The number of hydrogen-bond acceptors (Lipinski definition) is 10. The highest BCUT2D eigenvalue weighted by Gasteiger charge is 2.37. The lowest BCUT2D eigenvalue weighted by molar-refractivity contribution is -0.282. The van der Waals surface area contributed by atoms with Gasteiger partial charge >= 0.3 is 19.4 Å². The second-order valence-electron chi connectivity index (χ2n) is 8.37. The van der Waals surface area contributed by atoms with Crippen molar-refractivity contribution in [1.82, 2.24) is 14.6 Å². The molecular weight excluding hydrogens is 513 g/mol. The molecule has 14 heteroatoms. The number of benzene rings is 1. The number of carbonyl (C=O) groups is 1. The summed E-state index contributed by atoms with van der Waals surface area (Å²) in [6.07, 6.45) is -2.32. The topological polar surface area (TPSA) is 150 Å². The Morgan fingerprint density at radius 2 is 2.03 bits per heavy atom. The van der Waals surface area contributed by atoms with Gasteiger partial charge in [0.2, 0.25) is 0 Å². The number of aromatic amines is 1. The molecule has 1 aliphatic rings. The normalized spacial score (nSPS) is 22.6. The molecule has 0 amide bonds. The Morgan fingerprint density at radius 1 is 1.33 bits per heavy atom. The monoisotopic (exact) mass is 543 g/mol. The molecule has 0 spiro atoms. The fourth-order valence-corrected chi connectivity index (χ4v) is 4.80. The number of aliphatic hydroxyl groups is 1. The van der Waals surface area contributed by atoms with Gasteiger partial charge in [0, 0.05) is 11.8 Å². The van der Waals surface area contributed by atoms with Gasteiger partial charge in [-0.05, 0) is 39.8 Å². The number of H-pyrrole nitrogens is 1. The second-order valence-corrected chi connectivity index (χ2v) is 10.5. The van der Waals surface area contributed by atoms with Crippen molar-refractivity contribution in [3.63, 3.8) is 0 Å². The Labute approximate surface area is 213 Å². The summed E-state index contributed by atoms with van der Waals surface area (Å²) in [5.41, 5.74) is 0.0281. The molecule has 3 rings (SSSR count). The molecule has 0 aliphatic carbocycles. The van der Waals surface area contributed by atoms with Crippen LogP contribution in [0, 0.1) is 11.6 Å². The Balaban J connectivity index is 1.75. The van der Waals surface area contributed by atoms with E-state index >= 15 is 0 Å². The van der Waals surface area contributed by atoms with E-state index < -0.39 is 50.7 Å². The van der Waals surface area contributed by atoms with Crippen LogP contribution >= 0.6 is 20.0 Å². The van der Waals surface area contributed by atoms with Crippen LogP contribution in [0.25, 0.3) is 0 Å². The Bertz CT molecular complexity index is 1200. The Morgan fingerprint density at radius 3 is 2.69 bits per heavy atom. The molecule has 2 unspecified atom stereocenters. The van der Waals surface area contributed by atoms with E-state index in [0.717, 1.165) is 4.57 Å². The molecule has 2 heterocycles. The highest BCUT2D eigenvalue weighted by molar-refractivity contribution is 7.71. The molecule has 12 nitrogen and oxygen atoms in total. The highest BCUT2D eigenvalue weighted by Crippen LogP contribution is 2.45. The number of aryl methyl sites for hydroxylation is 1. The molecule has 5 atom stereocenters. The van der Waals surface area contributed by atoms with Crippen LogP contribution in [0.5, 0.6) is 5.75 Å². The van der Waals surface area contributed by atoms with Crippen molar-refractivity contribution in [3.8, 4) is 5.75 Å². The average Bonchev–Trinajstić information content (AvgIpc) is 2.81. The molecule has 1 fully saturated rings. The van der Waals surface area contributed by atoms with Gasteiger partial charge < -0.3 is 23.8 Å².